The third kappa shape index (κ3) is 2.38. The number of hydrogen-bond acceptors (Lipinski definition) is 3. The normalized spacial score (nSPS) is 18.2. The van der Waals surface area contributed by atoms with E-state index < -0.39 is 5.97 Å². The second-order valence-corrected chi connectivity index (χ2v) is 4.26. The third-order valence-electron chi connectivity index (χ3n) is 3.08. The van der Waals surface area contributed by atoms with Gasteiger partial charge in [0.2, 0.25) is 5.91 Å². The van der Waals surface area contributed by atoms with E-state index in [0.717, 1.165) is 0 Å². The molecule has 0 spiro atoms. The highest BCUT2D eigenvalue weighted by atomic mass is 16.5. The standard InChI is InChI=1S/C14H13NO4/c1-3-9-6-13(16)15(8-9)11-7-10(14(17)18)4-5-12(11)19-2/h1,4-5,7,9H,6,8H2,2H3,(H,17,18). The number of carboxylic acid groups (broad SMARTS) is 1. The number of carboxylic acids is 1. The molecule has 0 saturated carbocycles. The molecule has 0 aromatic heterocycles. The number of carbonyl (C=O) groups is 2. The summed E-state index contributed by atoms with van der Waals surface area (Å²) in [4.78, 5) is 24.4. The van der Waals surface area contributed by atoms with Crippen LogP contribution in [0.25, 0.3) is 0 Å². The Morgan fingerprint density at radius 1 is 1.58 bits per heavy atom. The average molecular weight is 259 g/mol. The molecule has 1 heterocycles. The van der Waals surface area contributed by atoms with E-state index in [1.54, 1.807) is 0 Å². The maximum Gasteiger partial charge on any atom is 0.335 e. The van der Waals surface area contributed by atoms with Crippen LogP contribution in [-0.4, -0.2) is 30.6 Å². The van der Waals surface area contributed by atoms with Crippen LogP contribution in [0.4, 0.5) is 5.69 Å². The molecule has 5 heteroatoms. The first-order valence-corrected chi connectivity index (χ1v) is 5.74. The molecule has 1 N–H and O–H groups in total. The van der Waals surface area contributed by atoms with E-state index in [0.29, 0.717) is 18.0 Å². The molecule has 19 heavy (non-hydrogen) atoms. The minimum atomic E-state index is -1.05. The highest BCUT2D eigenvalue weighted by Gasteiger charge is 2.31. The first-order valence-electron chi connectivity index (χ1n) is 5.74. The van der Waals surface area contributed by atoms with E-state index in [-0.39, 0.29) is 23.8 Å². The topological polar surface area (TPSA) is 66.8 Å². The van der Waals surface area contributed by atoms with Gasteiger partial charge in [-0.25, -0.2) is 4.79 Å². The lowest BCUT2D eigenvalue weighted by Gasteiger charge is -2.19. The maximum absolute atomic E-state index is 11.9. The second-order valence-electron chi connectivity index (χ2n) is 4.26. The molecule has 1 amide bonds. The van der Waals surface area contributed by atoms with E-state index in [2.05, 4.69) is 5.92 Å². The minimum absolute atomic E-state index is 0.104. The van der Waals surface area contributed by atoms with Gasteiger partial charge in [0.25, 0.3) is 0 Å². The lowest BCUT2D eigenvalue weighted by molar-refractivity contribution is -0.117. The zero-order valence-electron chi connectivity index (χ0n) is 10.4. The van der Waals surface area contributed by atoms with Crippen LogP contribution in [0.1, 0.15) is 16.8 Å². The van der Waals surface area contributed by atoms with Gasteiger partial charge in [-0.15, -0.1) is 12.3 Å². The molecule has 98 valence electrons. The van der Waals surface area contributed by atoms with E-state index >= 15 is 0 Å². The first kappa shape index (κ1) is 13.0. The fourth-order valence-electron chi connectivity index (χ4n) is 2.09. The van der Waals surface area contributed by atoms with Crippen molar-refractivity contribution in [2.24, 2.45) is 5.92 Å². The highest BCUT2D eigenvalue weighted by molar-refractivity contribution is 5.99. The summed E-state index contributed by atoms with van der Waals surface area (Å²) in [5.74, 6) is 1.68. The van der Waals surface area contributed by atoms with Gasteiger partial charge in [0.1, 0.15) is 5.75 Å². The van der Waals surface area contributed by atoms with Crippen LogP contribution in [0.3, 0.4) is 0 Å². The van der Waals surface area contributed by atoms with E-state index in [1.165, 1.54) is 30.2 Å². The molecule has 1 fully saturated rings. The van der Waals surface area contributed by atoms with Gasteiger partial charge in [-0.1, -0.05) is 0 Å². The minimum Gasteiger partial charge on any atom is -0.495 e. The van der Waals surface area contributed by atoms with Crippen molar-refractivity contribution in [3.05, 3.63) is 23.8 Å². The van der Waals surface area contributed by atoms with Crippen molar-refractivity contribution < 1.29 is 19.4 Å². The third-order valence-corrected chi connectivity index (χ3v) is 3.08. The van der Waals surface area contributed by atoms with Crippen molar-refractivity contribution in [3.8, 4) is 18.1 Å². The summed E-state index contributed by atoms with van der Waals surface area (Å²) in [6.07, 6.45) is 5.61. The molecule has 0 radical (unpaired) electrons. The molecular formula is C14H13NO4. The van der Waals surface area contributed by atoms with Gasteiger partial charge in [-0.2, -0.15) is 0 Å². The van der Waals surface area contributed by atoms with Crippen LogP contribution >= 0.6 is 0 Å². The molecule has 1 unspecified atom stereocenters. The number of rotatable bonds is 3. The fraction of sp³-hybridized carbons (Fsp3) is 0.286. The van der Waals surface area contributed by atoms with Gasteiger partial charge >= 0.3 is 5.97 Å². The SMILES string of the molecule is C#CC1CC(=O)N(c2cc(C(=O)O)ccc2OC)C1. The Morgan fingerprint density at radius 2 is 2.32 bits per heavy atom. The van der Waals surface area contributed by atoms with Crippen molar-refractivity contribution in [2.75, 3.05) is 18.6 Å². The van der Waals surface area contributed by atoms with Crippen molar-refractivity contribution in [1.29, 1.82) is 0 Å². The Hall–Kier alpha value is -2.48. The number of amides is 1. The summed E-state index contributed by atoms with van der Waals surface area (Å²) in [6.45, 7) is 0.384. The summed E-state index contributed by atoms with van der Waals surface area (Å²) in [6, 6.07) is 4.40. The molecular weight excluding hydrogens is 246 g/mol. The van der Waals surface area contributed by atoms with Gasteiger partial charge in [-0.05, 0) is 18.2 Å². The average Bonchev–Trinajstić information content (AvgIpc) is 2.79. The number of nitrogens with zero attached hydrogens (tertiary/aromatic N) is 1. The number of anilines is 1. The van der Waals surface area contributed by atoms with Crippen LogP contribution in [-0.2, 0) is 4.79 Å². The summed E-state index contributed by atoms with van der Waals surface area (Å²) in [7, 11) is 1.47. The van der Waals surface area contributed by atoms with Crippen LogP contribution in [0.5, 0.6) is 5.75 Å². The largest absolute Gasteiger partial charge is 0.495 e. The highest BCUT2D eigenvalue weighted by Crippen LogP contribution is 2.33. The number of methoxy groups -OCH3 is 1. The summed E-state index contributed by atoms with van der Waals surface area (Å²) in [5.41, 5.74) is 0.554. The number of benzene rings is 1. The van der Waals surface area contributed by atoms with Gasteiger partial charge in [0, 0.05) is 18.9 Å². The lowest BCUT2D eigenvalue weighted by atomic mass is 10.1. The van der Waals surface area contributed by atoms with Crippen molar-refractivity contribution in [3.63, 3.8) is 0 Å². The molecule has 1 aliphatic rings. The van der Waals surface area contributed by atoms with E-state index in [1.807, 2.05) is 0 Å². The van der Waals surface area contributed by atoms with E-state index in [4.69, 9.17) is 16.3 Å². The maximum atomic E-state index is 11.9. The fourth-order valence-corrected chi connectivity index (χ4v) is 2.09. The monoisotopic (exact) mass is 259 g/mol. The van der Waals surface area contributed by atoms with Gasteiger partial charge in [-0.3, -0.25) is 4.79 Å². The predicted octanol–water partition coefficient (Wildman–Crippen LogP) is 1.38. The zero-order valence-corrected chi connectivity index (χ0v) is 10.4. The summed E-state index contributed by atoms with van der Waals surface area (Å²) in [5, 5.41) is 9.00. The van der Waals surface area contributed by atoms with Crippen molar-refractivity contribution in [2.45, 2.75) is 6.42 Å². The summed E-state index contributed by atoms with van der Waals surface area (Å²) < 4.78 is 5.17. The molecule has 2 rings (SSSR count). The predicted molar refractivity (Wildman–Crippen MR) is 69.2 cm³/mol. The second kappa shape index (κ2) is 5.02. The van der Waals surface area contributed by atoms with Crippen LogP contribution in [0.15, 0.2) is 18.2 Å². The van der Waals surface area contributed by atoms with Gasteiger partial charge in [0.15, 0.2) is 0 Å². The number of hydrogen-bond donors (Lipinski definition) is 1. The Labute approximate surface area is 110 Å². The first-order chi connectivity index (χ1) is 9.06. The lowest BCUT2D eigenvalue weighted by Crippen LogP contribution is -2.25. The quantitative estimate of drug-likeness (QED) is 0.833. The van der Waals surface area contributed by atoms with Gasteiger partial charge in [0.05, 0.1) is 18.4 Å². The molecule has 1 aromatic rings. The molecule has 1 aliphatic heterocycles. The molecule has 0 aliphatic carbocycles. The number of carbonyl (C=O) groups excluding carboxylic acids is 1. The Balaban J connectivity index is 2.43. The summed E-state index contributed by atoms with van der Waals surface area (Å²) >= 11 is 0. The Morgan fingerprint density at radius 3 is 2.84 bits per heavy atom. The zero-order chi connectivity index (χ0) is 14.0. The Kier molecular flexibility index (Phi) is 3.43. The number of ether oxygens (including phenoxy) is 1. The number of aromatic carboxylic acids is 1. The van der Waals surface area contributed by atoms with Crippen molar-refractivity contribution in [1.82, 2.24) is 0 Å². The van der Waals surface area contributed by atoms with Crippen LogP contribution in [0.2, 0.25) is 0 Å². The number of terminal acetylenes is 1. The smallest absolute Gasteiger partial charge is 0.335 e. The molecule has 1 atom stereocenters. The van der Waals surface area contributed by atoms with Crippen molar-refractivity contribution >= 4 is 17.6 Å². The van der Waals surface area contributed by atoms with E-state index in [9.17, 15) is 9.59 Å². The molecule has 1 aromatic carbocycles. The van der Waals surface area contributed by atoms with Crippen LogP contribution in [0, 0.1) is 18.3 Å². The Bertz CT molecular complexity index is 573. The van der Waals surface area contributed by atoms with Crippen LogP contribution < -0.4 is 9.64 Å². The van der Waals surface area contributed by atoms with Gasteiger partial charge < -0.3 is 14.7 Å². The molecule has 0 bridgehead atoms. The molecule has 1 saturated heterocycles. The molecule has 5 nitrogen and oxygen atoms in total.